The van der Waals surface area contributed by atoms with Crippen molar-refractivity contribution in [3.63, 3.8) is 0 Å². The van der Waals surface area contributed by atoms with Gasteiger partial charge in [0.2, 0.25) is 0 Å². The lowest BCUT2D eigenvalue weighted by Crippen LogP contribution is -2.21. The fourth-order valence-corrected chi connectivity index (χ4v) is 3.49. The summed E-state index contributed by atoms with van der Waals surface area (Å²) >= 11 is 1.81. The zero-order valence-corrected chi connectivity index (χ0v) is 11.0. The molecule has 1 fully saturated rings. The third-order valence-electron chi connectivity index (χ3n) is 3.36. The van der Waals surface area contributed by atoms with Crippen molar-refractivity contribution < 1.29 is 5.11 Å². The Hall–Kier alpha value is -0.510. The fourth-order valence-electron chi connectivity index (χ4n) is 2.27. The van der Waals surface area contributed by atoms with E-state index in [-0.39, 0.29) is 6.10 Å². The standard InChI is InChI=1S/C14H21NOS/c15-10-11-6-8-12(9-7-11)17-14-5-3-1-2-4-13(14)16/h6-9,13-14,16H,1-5,10,15H2. The smallest absolute Gasteiger partial charge is 0.0662 e. The number of benzene rings is 1. The molecule has 1 aliphatic carbocycles. The molecule has 1 aliphatic rings. The molecule has 2 unspecified atom stereocenters. The number of hydrogen-bond donors (Lipinski definition) is 2. The van der Waals surface area contributed by atoms with Gasteiger partial charge in [-0.3, -0.25) is 0 Å². The van der Waals surface area contributed by atoms with E-state index in [4.69, 9.17) is 5.73 Å². The van der Waals surface area contributed by atoms with Crippen LogP contribution in [0.15, 0.2) is 29.2 Å². The van der Waals surface area contributed by atoms with Crippen LogP contribution in [0.3, 0.4) is 0 Å². The van der Waals surface area contributed by atoms with Gasteiger partial charge < -0.3 is 10.8 Å². The van der Waals surface area contributed by atoms with Crippen LogP contribution in [-0.4, -0.2) is 16.5 Å². The zero-order chi connectivity index (χ0) is 12.1. The molecule has 3 N–H and O–H groups in total. The largest absolute Gasteiger partial charge is 0.392 e. The van der Waals surface area contributed by atoms with E-state index < -0.39 is 0 Å². The van der Waals surface area contributed by atoms with E-state index in [1.165, 1.54) is 24.2 Å². The molecule has 3 heteroatoms. The summed E-state index contributed by atoms with van der Waals surface area (Å²) in [6.45, 7) is 0.594. The number of thioether (sulfide) groups is 1. The predicted molar refractivity (Wildman–Crippen MR) is 73.1 cm³/mol. The summed E-state index contributed by atoms with van der Waals surface area (Å²) in [5.41, 5.74) is 6.74. The Morgan fingerprint density at radius 1 is 1.12 bits per heavy atom. The summed E-state index contributed by atoms with van der Waals surface area (Å²) in [7, 11) is 0. The van der Waals surface area contributed by atoms with Crippen molar-refractivity contribution >= 4 is 11.8 Å². The SMILES string of the molecule is NCc1ccc(SC2CCCCCC2O)cc1. The van der Waals surface area contributed by atoms with Crippen LogP contribution in [0.2, 0.25) is 0 Å². The number of hydrogen-bond acceptors (Lipinski definition) is 3. The number of rotatable bonds is 3. The molecule has 0 aromatic heterocycles. The highest BCUT2D eigenvalue weighted by Gasteiger charge is 2.22. The predicted octanol–water partition coefficient (Wildman–Crippen LogP) is 2.93. The minimum absolute atomic E-state index is 0.142. The molecule has 2 rings (SSSR count). The van der Waals surface area contributed by atoms with Gasteiger partial charge >= 0.3 is 0 Å². The van der Waals surface area contributed by atoms with Gasteiger partial charge in [-0.15, -0.1) is 11.8 Å². The van der Waals surface area contributed by atoms with Crippen LogP contribution >= 0.6 is 11.8 Å². The Kier molecular flexibility index (Phi) is 4.89. The van der Waals surface area contributed by atoms with Gasteiger partial charge in [-0.2, -0.15) is 0 Å². The maximum absolute atomic E-state index is 10.1. The molecule has 0 radical (unpaired) electrons. The second-order valence-corrected chi connectivity index (χ2v) is 6.02. The summed E-state index contributed by atoms with van der Waals surface area (Å²) in [6.07, 6.45) is 5.63. The second kappa shape index (κ2) is 6.43. The molecule has 94 valence electrons. The number of aliphatic hydroxyl groups is 1. The van der Waals surface area contributed by atoms with Gasteiger partial charge in [0.05, 0.1) is 6.10 Å². The highest BCUT2D eigenvalue weighted by atomic mass is 32.2. The molecule has 0 aliphatic heterocycles. The molecule has 0 saturated heterocycles. The third kappa shape index (κ3) is 3.73. The van der Waals surface area contributed by atoms with Crippen LogP contribution in [-0.2, 0) is 6.54 Å². The van der Waals surface area contributed by atoms with E-state index in [2.05, 4.69) is 24.3 Å². The van der Waals surface area contributed by atoms with Gasteiger partial charge in [0, 0.05) is 16.7 Å². The fraction of sp³-hybridized carbons (Fsp3) is 0.571. The van der Waals surface area contributed by atoms with Crippen LogP contribution in [0.4, 0.5) is 0 Å². The topological polar surface area (TPSA) is 46.2 Å². The highest BCUT2D eigenvalue weighted by Crippen LogP contribution is 2.33. The lowest BCUT2D eigenvalue weighted by molar-refractivity contribution is 0.163. The summed E-state index contributed by atoms with van der Waals surface area (Å²) in [5, 5.41) is 10.4. The van der Waals surface area contributed by atoms with Crippen molar-refractivity contribution in [2.24, 2.45) is 5.73 Å². The van der Waals surface area contributed by atoms with Crippen molar-refractivity contribution in [2.75, 3.05) is 0 Å². The van der Waals surface area contributed by atoms with Gasteiger partial charge in [0.15, 0.2) is 0 Å². The molecule has 2 atom stereocenters. The minimum Gasteiger partial charge on any atom is -0.392 e. The van der Waals surface area contributed by atoms with Crippen LogP contribution in [0, 0.1) is 0 Å². The van der Waals surface area contributed by atoms with Crippen molar-refractivity contribution in [3.8, 4) is 0 Å². The molecule has 0 heterocycles. The lowest BCUT2D eigenvalue weighted by Gasteiger charge is -2.19. The van der Waals surface area contributed by atoms with Crippen molar-refractivity contribution in [1.82, 2.24) is 0 Å². The van der Waals surface area contributed by atoms with Crippen molar-refractivity contribution in [2.45, 2.75) is 54.9 Å². The van der Waals surface area contributed by atoms with Gasteiger partial charge in [-0.1, -0.05) is 31.4 Å². The van der Waals surface area contributed by atoms with Gasteiger partial charge in [0.25, 0.3) is 0 Å². The Balaban J connectivity index is 1.98. The first kappa shape index (κ1) is 12.9. The summed E-state index contributed by atoms with van der Waals surface area (Å²) in [4.78, 5) is 1.24. The van der Waals surface area contributed by atoms with E-state index in [1.807, 2.05) is 11.8 Å². The molecule has 17 heavy (non-hydrogen) atoms. The normalized spacial score (nSPS) is 25.5. The van der Waals surface area contributed by atoms with E-state index >= 15 is 0 Å². The van der Waals surface area contributed by atoms with Crippen LogP contribution in [0.5, 0.6) is 0 Å². The maximum Gasteiger partial charge on any atom is 0.0662 e. The summed E-state index contributed by atoms with van der Waals surface area (Å²) in [5.74, 6) is 0. The molecule has 0 amide bonds. The van der Waals surface area contributed by atoms with E-state index in [9.17, 15) is 5.11 Å². The minimum atomic E-state index is -0.142. The number of aliphatic hydroxyl groups excluding tert-OH is 1. The lowest BCUT2D eigenvalue weighted by atomic mass is 10.1. The Morgan fingerprint density at radius 2 is 1.82 bits per heavy atom. The van der Waals surface area contributed by atoms with E-state index in [0.717, 1.165) is 18.4 Å². The second-order valence-electron chi connectivity index (χ2n) is 4.71. The monoisotopic (exact) mass is 251 g/mol. The van der Waals surface area contributed by atoms with Crippen LogP contribution in [0.25, 0.3) is 0 Å². The third-order valence-corrected chi connectivity index (χ3v) is 4.76. The highest BCUT2D eigenvalue weighted by molar-refractivity contribution is 8.00. The molecular formula is C14H21NOS. The summed E-state index contributed by atoms with van der Waals surface area (Å²) in [6, 6.07) is 8.38. The van der Waals surface area contributed by atoms with Crippen molar-refractivity contribution in [1.29, 1.82) is 0 Å². The molecule has 2 nitrogen and oxygen atoms in total. The molecule has 1 aromatic carbocycles. The Morgan fingerprint density at radius 3 is 2.53 bits per heavy atom. The molecule has 0 bridgehead atoms. The quantitative estimate of drug-likeness (QED) is 0.812. The van der Waals surface area contributed by atoms with Crippen LogP contribution < -0.4 is 5.73 Å². The molecular weight excluding hydrogens is 230 g/mol. The van der Waals surface area contributed by atoms with Gasteiger partial charge in [-0.05, 0) is 30.5 Å². The zero-order valence-electron chi connectivity index (χ0n) is 10.1. The average Bonchev–Trinajstić information content (AvgIpc) is 2.56. The average molecular weight is 251 g/mol. The van der Waals surface area contributed by atoms with Crippen molar-refractivity contribution in [3.05, 3.63) is 29.8 Å². The van der Waals surface area contributed by atoms with Gasteiger partial charge in [0.1, 0.15) is 0 Å². The Labute approximate surface area is 108 Å². The first-order valence-corrected chi connectivity index (χ1v) is 7.31. The maximum atomic E-state index is 10.1. The van der Waals surface area contributed by atoms with E-state index in [1.54, 1.807) is 0 Å². The number of nitrogens with two attached hydrogens (primary N) is 1. The van der Waals surface area contributed by atoms with Crippen LogP contribution in [0.1, 0.15) is 37.7 Å². The first-order chi connectivity index (χ1) is 8.29. The summed E-state index contributed by atoms with van der Waals surface area (Å²) < 4.78 is 0. The first-order valence-electron chi connectivity index (χ1n) is 6.43. The molecule has 0 spiro atoms. The molecule has 1 saturated carbocycles. The Bertz CT molecular complexity index is 339. The molecule has 1 aromatic rings. The van der Waals surface area contributed by atoms with Gasteiger partial charge in [-0.25, -0.2) is 0 Å². The van der Waals surface area contributed by atoms with E-state index in [0.29, 0.717) is 11.8 Å².